The van der Waals surface area contributed by atoms with Gasteiger partial charge in [-0.25, -0.2) is 17.2 Å². The van der Waals surface area contributed by atoms with Gasteiger partial charge in [-0.05, 0) is 25.0 Å². The standard InChI is InChI=1S/C11H13F2NO3S/c12-9-4-1-5-10(13)11(9)18(16,17)14-6-2-3-8(14)7-15/h1,4-5,8,15H,2-3,6-7H2/t8-/m1/s1. The molecule has 100 valence electrons. The molecule has 1 heterocycles. The van der Waals surface area contributed by atoms with Gasteiger partial charge < -0.3 is 5.11 Å². The van der Waals surface area contributed by atoms with Crippen molar-refractivity contribution in [1.82, 2.24) is 4.31 Å². The SMILES string of the molecule is O=S(=O)(c1c(F)cccc1F)N1CCC[C@@H]1CO. The Morgan fingerprint density at radius 3 is 2.50 bits per heavy atom. The Morgan fingerprint density at radius 1 is 1.33 bits per heavy atom. The molecule has 4 nitrogen and oxygen atoms in total. The normalized spacial score (nSPS) is 21.4. The van der Waals surface area contributed by atoms with E-state index in [1.807, 2.05) is 0 Å². The first-order chi connectivity index (χ1) is 8.48. The highest BCUT2D eigenvalue weighted by molar-refractivity contribution is 7.89. The Morgan fingerprint density at radius 2 is 1.94 bits per heavy atom. The molecule has 0 unspecified atom stereocenters. The van der Waals surface area contributed by atoms with Gasteiger partial charge in [-0.3, -0.25) is 0 Å². The van der Waals surface area contributed by atoms with Gasteiger partial charge in [0.05, 0.1) is 6.61 Å². The lowest BCUT2D eigenvalue weighted by Gasteiger charge is -2.22. The number of hydrogen-bond donors (Lipinski definition) is 1. The second kappa shape index (κ2) is 4.91. The van der Waals surface area contributed by atoms with Crippen LogP contribution in [0.4, 0.5) is 8.78 Å². The highest BCUT2D eigenvalue weighted by Crippen LogP contribution is 2.28. The lowest BCUT2D eigenvalue weighted by atomic mass is 10.2. The number of benzene rings is 1. The van der Waals surface area contributed by atoms with Gasteiger partial charge in [-0.15, -0.1) is 0 Å². The molecule has 1 aliphatic rings. The first-order valence-electron chi connectivity index (χ1n) is 5.55. The Balaban J connectivity index is 2.49. The molecule has 7 heteroatoms. The van der Waals surface area contributed by atoms with E-state index in [-0.39, 0.29) is 13.2 Å². The molecule has 2 rings (SSSR count). The second-order valence-corrected chi connectivity index (χ2v) is 5.97. The van der Waals surface area contributed by atoms with E-state index in [4.69, 9.17) is 5.11 Å². The van der Waals surface area contributed by atoms with Crippen molar-refractivity contribution in [1.29, 1.82) is 0 Å². The lowest BCUT2D eigenvalue weighted by molar-refractivity contribution is 0.213. The summed E-state index contributed by atoms with van der Waals surface area (Å²) in [5.41, 5.74) is 0. The molecule has 0 radical (unpaired) electrons. The van der Waals surface area contributed by atoms with Crippen molar-refractivity contribution < 1.29 is 22.3 Å². The van der Waals surface area contributed by atoms with Crippen LogP contribution in [-0.2, 0) is 10.0 Å². The molecule has 0 aliphatic carbocycles. The van der Waals surface area contributed by atoms with Crippen LogP contribution in [0, 0.1) is 11.6 Å². The topological polar surface area (TPSA) is 57.6 Å². The molecule has 1 N–H and O–H groups in total. The fourth-order valence-electron chi connectivity index (χ4n) is 2.15. The quantitative estimate of drug-likeness (QED) is 0.900. The number of hydrogen-bond acceptors (Lipinski definition) is 3. The fourth-order valence-corrected chi connectivity index (χ4v) is 3.95. The van der Waals surface area contributed by atoms with E-state index in [9.17, 15) is 17.2 Å². The summed E-state index contributed by atoms with van der Waals surface area (Å²) in [5, 5.41) is 9.09. The van der Waals surface area contributed by atoms with Crippen LogP contribution in [0.25, 0.3) is 0 Å². The third-order valence-electron chi connectivity index (χ3n) is 3.02. The monoisotopic (exact) mass is 277 g/mol. The summed E-state index contributed by atoms with van der Waals surface area (Å²) >= 11 is 0. The van der Waals surface area contributed by atoms with Gasteiger partial charge >= 0.3 is 0 Å². The Kier molecular flexibility index (Phi) is 3.65. The van der Waals surface area contributed by atoms with Crippen molar-refractivity contribution in [3.63, 3.8) is 0 Å². The van der Waals surface area contributed by atoms with Gasteiger partial charge in [0.15, 0.2) is 4.90 Å². The van der Waals surface area contributed by atoms with E-state index >= 15 is 0 Å². The first-order valence-corrected chi connectivity index (χ1v) is 6.99. The summed E-state index contributed by atoms with van der Waals surface area (Å²) in [6, 6.07) is 2.31. The minimum atomic E-state index is -4.24. The fraction of sp³-hybridized carbons (Fsp3) is 0.455. The predicted octanol–water partition coefficient (Wildman–Crippen LogP) is 1.11. The van der Waals surface area contributed by atoms with Gasteiger partial charge in [0.2, 0.25) is 10.0 Å². The summed E-state index contributed by atoms with van der Waals surface area (Å²) in [6.45, 7) is -0.184. The zero-order valence-corrected chi connectivity index (χ0v) is 10.3. The molecule has 0 amide bonds. The minimum Gasteiger partial charge on any atom is -0.395 e. The van der Waals surface area contributed by atoms with Crippen molar-refractivity contribution in [2.75, 3.05) is 13.2 Å². The third-order valence-corrected chi connectivity index (χ3v) is 5.02. The maximum absolute atomic E-state index is 13.5. The zero-order valence-electron chi connectivity index (χ0n) is 9.51. The summed E-state index contributed by atoms with van der Waals surface area (Å²) in [6.07, 6.45) is 1.06. The molecule has 18 heavy (non-hydrogen) atoms. The summed E-state index contributed by atoms with van der Waals surface area (Å²) in [5.74, 6) is -2.22. The molecule has 0 spiro atoms. The van der Waals surface area contributed by atoms with Gasteiger partial charge in [0.25, 0.3) is 0 Å². The van der Waals surface area contributed by atoms with Crippen molar-refractivity contribution in [2.24, 2.45) is 0 Å². The van der Waals surface area contributed by atoms with E-state index in [0.717, 1.165) is 22.5 Å². The zero-order chi connectivity index (χ0) is 13.3. The predicted molar refractivity (Wildman–Crippen MR) is 60.4 cm³/mol. The van der Waals surface area contributed by atoms with Gasteiger partial charge in [-0.2, -0.15) is 4.31 Å². The van der Waals surface area contributed by atoms with Crippen LogP contribution in [0.3, 0.4) is 0 Å². The number of halogens is 2. The molecule has 1 fully saturated rings. The van der Waals surface area contributed by atoms with Crippen LogP contribution in [0.1, 0.15) is 12.8 Å². The number of nitrogens with zero attached hydrogens (tertiary/aromatic N) is 1. The average molecular weight is 277 g/mol. The molecular weight excluding hydrogens is 264 g/mol. The van der Waals surface area contributed by atoms with Gasteiger partial charge in [-0.1, -0.05) is 6.07 Å². The molecule has 0 aromatic heterocycles. The van der Waals surface area contributed by atoms with Gasteiger partial charge in [0.1, 0.15) is 11.6 Å². The minimum absolute atomic E-state index is 0.168. The Labute approximate surface area is 104 Å². The van der Waals surface area contributed by atoms with Crippen molar-refractivity contribution in [2.45, 2.75) is 23.8 Å². The molecule has 1 aromatic rings. The van der Waals surface area contributed by atoms with Crippen molar-refractivity contribution >= 4 is 10.0 Å². The Hall–Kier alpha value is -1.05. The van der Waals surface area contributed by atoms with Crippen LogP contribution in [0.15, 0.2) is 23.1 Å². The first kappa shape index (κ1) is 13.4. The van der Waals surface area contributed by atoms with Gasteiger partial charge in [0, 0.05) is 12.6 Å². The van der Waals surface area contributed by atoms with E-state index < -0.39 is 32.6 Å². The van der Waals surface area contributed by atoms with E-state index in [2.05, 4.69) is 0 Å². The maximum Gasteiger partial charge on any atom is 0.249 e. The van der Waals surface area contributed by atoms with Crippen LogP contribution in [0.5, 0.6) is 0 Å². The summed E-state index contributed by atoms with van der Waals surface area (Å²) < 4.78 is 52.4. The third kappa shape index (κ3) is 2.13. The largest absolute Gasteiger partial charge is 0.395 e. The number of rotatable bonds is 3. The molecule has 1 saturated heterocycles. The van der Waals surface area contributed by atoms with Crippen LogP contribution in [-0.4, -0.2) is 37.0 Å². The smallest absolute Gasteiger partial charge is 0.249 e. The van der Waals surface area contributed by atoms with Crippen molar-refractivity contribution in [3.8, 4) is 0 Å². The Bertz CT molecular complexity index is 527. The molecular formula is C11H13F2NO3S. The molecule has 1 aliphatic heterocycles. The van der Waals surface area contributed by atoms with E-state index in [1.54, 1.807) is 0 Å². The van der Waals surface area contributed by atoms with Crippen LogP contribution >= 0.6 is 0 Å². The molecule has 0 bridgehead atoms. The number of aliphatic hydroxyl groups is 1. The summed E-state index contributed by atoms with van der Waals surface area (Å²) in [7, 11) is -4.24. The molecule has 0 saturated carbocycles. The number of aliphatic hydroxyl groups excluding tert-OH is 1. The van der Waals surface area contributed by atoms with Crippen molar-refractivity contribution in [3.05, 3.63) is 29.8 Å². The van der Waals surface area contributed by atoms with Crippen LogP contribution < -0.4 is 0 Å². The lowest BCUT2D eigenvalue weighted by Crippen LogP contribution is -2.38. The highest BCUT2D eigenvalue weighted by Gasteiger charge is 2.37. The summed E-state index contributed by atoms with van der Waals surface area (Å²) in [4.78, 5) is -0.939. The van der Waals surface area contributed by atoms with Crippen LogP contribution in [0.2, 0.25) is 0 Å². The maximum atomic E-state index is 13.5. The molecule has 1 aromatic carbocycles. The average Bonchev–Trinajstić information content (AvgIpc) is 2.77. The second-order valence-electron chi connectivity index (χ2n) is 4.15. The highest BCUT2D eigenvalue weighted by atomic mass is 32.2. The number of sulfonamides is 1. The van der Waals surface area contributed by atoms with E-state index in [1.165, 1.54) is 0 Å². The van der Waals surface area contributed by atoms with E-state index in [0.29, 0.717) is 12.8 Å². The molecule has 1 atom stereocenters.